The molecule has 92 valence electrons. The lowest BCUT2D eigenvalue weighted by Crippen LogP contribution is -1.94. The van der Waals surface area contributed by atoms with Crippen molar-refractivity contribution >= 4 is 0 Å². The van der Waals surface area contributed by atoms with Crippen LogP contribution in [0.1, 0.15) is 11.3 Å². The minimum Gasteiger partial charge on any atom is -0.497 e. The molecule has 5 nitrogen and oxygen atoms in total. The van der Waals surface area contributed by atoms with Crippen LogP contribution in [0.2, 0.25) is 0 Å². The van der Waals surface area contributed by atoms with Gasteiger partial charge in [-0.2, -0.15) is 10.4 Å². The number of benzene rings is 1. The summed E-state index contributed by atoms with van der Waals surface area (Å²) in [6, 6.07) is 7.39. The molecule has 0 aliphatic rings. The summed E-state index contributed by atoms with van der Waals surface area (Å²) in [6.45, 7) is 1.95. The standard InChI is InChI=1S/C13H13N3O2/c1-8-4-10(17-2)6-12(18-3)13(8)11-5-9(7-14)15-16-11/h4-6H,1-3H3,(H,15,16). The van der Waals surface area contributed by atoms with Gasteiger partial charge in [-0.3, -0.25) is 5.10 Å². The van der Waals surface area contributed by atoms with E-state index in [1.807, 2.05) is 19.1 Å². The molecule has 0 aliphatic carbocycles. The maximum atomic E-state index is 8.79. The Balaban J connectivity index is 2.59. The Kier molecular flexibility index (Phi) is 3.20. The van der Waals surface area contributed by atoms with Crippen LogP contribution in [-0.2, 0) is 0 Å². The number of nitrogens with zero attached hydrogens (tertiary/aromatic N) is 2. The summed E-state index contributed by atoms with van der Waals surface area (Å²) in [5, 5.41) is 15.5. The lowest BCUT2D eigenvalue weighted by Gasteiger charge is -2.12. The molecule has 0 amide bonds. The minimum absolute atomic E-state index is 0.349. The van der Waals surface area contributed by atoms with Crippen LogP contribution >= 0.6 is 0 Å². The van der Waals surface area contributed by atoms with Crippen LogP contribution in [0.3, 0.4) is 0 Å². The summed E-state index contributed by atoms with van der Waals surface area (Å²) >= 11 is 0. The molecule has 1 aromatic heterocycles. The number of H-pyrrole nitrogens is 1. The average Bonchev–Trinajstić information content (AvgIpc) is 2.85. The topological polar surface area (TPSA) is 70.9 Å². The molecule has 0 radical (unpaired) electrons. The zero-order chi connectivity index (χ0) is 13.1. The number of nitrogens with one attached hydrogen (secondary N) is 1. The first-order chi connectivity index (χ1) is 8.69. The maximum absolute atomic E-state index is 8.79. The Morgan fingerprint density at radius 2 is 2.00 bits per heavy atom. The van der Waals surface area contributed by atoms with Crippen LogP contribution in [0.5, 0.6) is 11.5 Å². The normalized spacial score (nSPS) is 9.89. The van der Waals surface area contributed by atoms with Crippen LogP contribution in [0.15, 0.2) is 18.2 Å². The fourth-order valence-corrected chi connectivity index (χ4v) is 1.85. The molecule has 5 heteroatoms. The van der Waals surface area contributed by atoms with Crippen molar-refractivity contribution in [3.8, 4) is 28.8 Å². The van der Waals surface area contributed by atoms with Gasteiger partial charge in [0.2, 0.25) is 0 Å². The van der Waals surface area contributed by atoms with E-state index in [0.717, 1.165) is 22.6 Å². The SMILES string of the molecule is COc1cc(C)c(-c2cc(C#N)n[nH]2)c(OC)c1. The van der Waals surface area contributed by atoms with Crippen LogP contribution in [0, 0.1) is 18.3 Å². The fraction of sp³-hybridized carbons (Fsp3) is 0.231. The molecule has 2 rings (SSSR count). The van der Waals surface area contributed by atoms with Crippen LogP contribution in [-0.4, -0.2) is 24.4 Å². The van der Waals surface area contributed by atoms with Gasteiger partial charge in [0.05, 0.1) is 19.9 Å². The van der Waals surface area contributed by atoms with Crippen molar-refractivity contribution in [1.29, 1.82) is 5.26 Å². The smallest absolute Gasteiger partial charge is 0.162 e. The summed E-state index contributed by atoms with van der Waals surface area (Å²) in [5.41, 5.74) is 2.97. The number of aromatic nitrogens is 2. The van der Waals surface area contributed by atoms with Gasteiger partial charge in [-0.15, -0.1) is 0 Å². The number of hydrogen-bond acceptors (Lipinski definition) is 4. The van der Waals surface area contributed by atoms with E-state index in [9.17, 15) is 0 Å². The van der Waals surface area contributed by atoms with Crippen molar-refractivity contribution in [2.45, 2.75) is 6.92 Å². The zero-order valence-corrected chi connectivity index (χ0v) is 10.4. The van der Waals surface area contributed by atoms with E-state index >= 15 is 0 Å². The summed E-state index contributed by atoms with van der Waals surface area (Å²) in [4.78, 5) is 0. The minimum atomic E-state index is 0.349. The van der Waals surface area contributed by atoms with Gasteiger partial charge >= 0.3 is 0 Å². The number of ether oxygens (including phenoxy) is 2. The number of aromatic amines is 1. The number of rotatable bonds is 3. The Morgan fingerprint density at radius 1 is 1.22 bits per heavy atom. The number of nitriles is 1. The molecule has 0 saturated heterocycles. The van der Waals surface area contributed by atoms with E-state index in [1.54, 1.807) is 26.4 Å². The van der Waals surface area contributed by atoms with Crippen molar-refractivity contribution in [3.05, 3.63) is 29.5 Å². The van der Waals surface area contributed by atoms with Gasteiger partial charge in [0.1, 0.15) is 17.6 Å². The molecule has 2 aromatic rings. The van der Waals surface area contributed by atoms with Gasteiger partial charge in [-0.1, -0.05) is 0 Å². The van der Waals surface area contributed by atoms with Gasteiger partial charge in [-0.05, 0) is 18.6 Å². The van der Waals surface area contributed by atoms with Gasteiger partial charge in [0, 0.05) is 17.7 Å². The average molecular weight is 243 g/mol. The second-order valence-corrected chi connectivity index (χ2v) is 3.80. The predicted molar refractivity (Wildman–Crippen MR) is 66.6 cm³/mol. The quantitative estimate of drug-likeness (QED) is 0.897. The molecular formula is C13H13N3O2. The van der Waals surface area contributed by atoms with Crippen molar-refractivity contribution in [2.24, 2.45) is 0 Å². The second kappa shape index (κ2) is 4.80. The molecule has 1 heterocycles. The summed E-state index contributed by atoms with van der Waals surface area (Å²) < 4.78 is 10.6. The molecule has 0 spiro atoms. The Bertz CT molecular complexity index is 611. The molecule has 0 fully saturated rings. The maximum Gasteiger partial charge on any atom is 0.162 e. The first-order valence-corrected chi connectivity index (χ1v) is 5.38. The highest BCUT2D eigenvalue weighted by atomic mass is 16.5. The molecular weight excluding hydrogens is 230 g/mol. The van der Waals surface area contributed by atoms with Gasteiger partial charge in [-0.25, -0.2) is 0 Å². The third kappa shape index (κ3) is 2.00. The molecule has 1 N–H and O–H groups in total. The summed E-state index contributed by atoms with van der Waals surface area (Å²) in [7, 11) is 3.21. The van der Waals surface area contributed by atoms with Crippen LogP contribution < -0.4 is 9.47 Å². The highest BCUT2D eigenvalue weighted by Crippen LogP contribution is 2.35. The molecule has 18 heavy (non-hydrogen) atoms. The van der Waals surface area contributed by atoms with Gasteiger partial charge in [0.15, 0.2) is 5.69 Å². The summed E-state index contributed by atoms with van der Waals surface area (Å²) in [5.74, 6) is 1.41. The third-order valence-corrected chi connectivity index (χ3v) is 2.69. The van der Waals surface area contributed by atoms with Crippen molar-refractivity contribution in [2.75, 3.05) is 14.2 Å². The number of hydrogen-bond donors (Lipinski definition) is 1. The first kappa shape index (κ1) is 12.0. The van der Waals surface area contributed by atoms with E-state index in [4.69, 9.17) is 14.7 Å². The number of methoxy groups -OCH3 is 2. The third-order valence-electron chi connectivity index (χ3n) is 2.69. The highest BCUT2D eigenvalue weighted by Gasteiger charge is 2.14. The van der Waals surface area contributed by atoms with Crippen LogP contribution in [0.4, 0.5) is 0 Å². The van der Waals surface area contributed by atoms with Crippen molar-refractivity contribution in [3.63, 3.8) is 0 Å². The zero-order valence-electron chi connectivity index (χ0n) is 10.4. The molecule has 1 aromatic carbocycles. The second-order valence-electron chi connectivity index (χ2n) is 3.80. The Morgan fingerprint density at radius 3 is 2.56 bits per heavy atom. The molecule has 0 aliphatic heterocycles. The Labute approximate surface area is 105 Å². The lowest BCUT2D eigenvalue weighted by molar-refractivity contribution is 0.395. The van der Waals surface area contributed by atoms with Gasteiger partial charge in [0.25, 0.3) is 0 Å². The molecule has 0 atom stereocenters. The van der Waals surface area contributed by atoms with E-state index in [1.165, 1.54) is 0 Å². The Hall–Kier alpha value is -2.48. The van der Waals surface area contributed by atoms with Crippen LogP contribution in [0.25, 0.3) is 11.3 Å². The van der Waals surface area contributed by atoms with E-state index in [2.05, 4.69) is 10.2 Å². The number of aryl methyl sites for hydroxylation is 1. The van der Waals surface area contributed by atoms with E-state index < -0.39 is 0 Å². The molecule has 0 unspecified atom stereocenters. The summed E-state index contributed by atoms with van der Waals surface area (Å²) in [6.07, 6.45) is 0. The predicted octanol–water partition coefficient (Wildman–Crippen LogP) is 2.27. The highest BCUT2D eigenvalue weighted by molar-refractivity contribution is 5.73. The van der Waals surface area contributed by atoms with E-state index in [0.29, 0.717) is 11.4 Å². The first-order valence-electron chi connectivity index (χ1n) is 5.38. The van der Waals surface area contributed by atoms with Crippen molar-refractivity contribution < 1.29 is 9.47 Å². The van der Waals surface area contributed by atoms with E-state index in [-0.39, 0.29) is 0 Å². The van der Waals surface area contributed by atoms with Crippen molar-refractivity contribution in [1.82, 2.24) is 10.2 Å². The molecule has 0 bridgehead atoms. The fourth-order valence-electron chi connectivity index (χ4n) is 1.85. The molecule has 0 saturated carbocycles. The largest absolute Gasteiger partial charge is 0.497 e. The monoisotopic (exact) mass is 243 g/mol. The van der Waals surface area contributed by atoms with Gasteiger partial charge < -0.3 is 9.47 Å². The lowest BCUT2D eigenvalue weighted by atomic mass is 10.0.